The van der Waals surface area contributed by atoms with E-state index in [1.54, 1.807) is 4.72 Å². The van der Waals surface area contributed by atoms with Crippen molar-refractivity contribution in [3.8, 4) is 0 Å². The van der Waals surface area contributed by atoms with Crippen LogP contribution in [0.3, 0.4) is 0 Å². The minimum absolute atomic E-state index is 0.0226. The van der Waals surface area contributed by atoms with Gasteiger partial charge in [-0.05, 0) is 24.3 Å². The number of halogens is 2. The molecule has 0 amide bonds. The lowest BCUT2D eigenvalue weighted by Gasteiger charge is -2.07. The Morgan fingerprint density at radius 3 is 2.32 bits per heavy atom. The zero-order valence-corrected chi connectivity index (χ0v) is 10.2. The van der Waals surface area contributed by atoms with E-state index < -0.39 is 39.0 Å². The van der Waals surface area contributed by atoms with E-state index in [0.717, 1.165) is 24.3 Å². The van der Waals surface area contributed by atoms with Crippen molar-refractivity contribution in [2.45, 2.75) is 11.7 Å². The third-order valence-corrected chi connectivity index (χ3v) is 3.48. The highest BCUT2D eigenvalue weighted by atomic mass is 32.2. The first-order valence-electron chi connectivity index (χ1n) is 5.10. The quantitative estimate of drug-likeness (QED) is 0.900. The number of anilines is 1. The van der Waals surface area contributed by atoms with Gasteiger partial charge in [-0.3, -0.25) is 4.72 Å². The highest BCUT2D eigenvalue weighted by molar-refractivity contribution is 7.92. The van der Waals surface area contributed by atoms with Gasteiger partial charge in [-0.25, -0.2) is 8.78 Å². The number of benzene rings is 1. The zero-order valence-electron chi connectivity index (χ0n) is 9.43. The first-order valence-corrected chi connectivity index (χ1v) is 6.59. The molecule has 0 spiro atoms. The topological polar surface area (TPSA) is 79.5 Å². The van der Waals surface area contributed by atoms with Crippen molar-refractivity contribution in [1.29, 1.82) is 0 Å². The van der Waals surface area contributed by atoms with Crippen molar-refractivity contribution < 1.29 is 26.7 Å². The second-order valence-corrected chi connectivity index (χ2v) is 5.19. The average Bonchev–Trinajstić information content (AvgIpc) is 2.83. The van der Waals surface area contributed by atoms with Gasteiger partial charge < -0.3 is 9.52 Å². The summed E-state index contributed by atoms with van der Waals surface area (Å²) in [5.41, 5.74) is -0.788. The molecule has 0 aliphatic carbocycles. The molecule has 102 valence electrons. The number of para-hydroxylation sites is 1. The minimum atomic E-state index is -4.26. The van der Waals surface area contributed by atoms with Crippen LogP contribution in [0.1, 0.15) is 5.76 Å². The van der Waals surface area contributed by atoms with E-state index in [9.17, 15) is 17.2 Å². The second-order valence-electron chi connectivity index (χ2n) is 3.58. The van der Waals surface area contributed by atoms with E-state index >= 15 is 0 Å². The van der Waals surface area contributed by atoms with E-state index in [1.807, 2.05) is 0 Å². The van der Waals surface area contributed by atoms with Gasteiger partial charge in [0.05, 0.1) is 0 Å². The van der Waals surface area contributed by atoms with Crippen molar-refractivity contribution in [2.24, 2.45) is 0 Å². The molecule has 8 heteroatoms. The SMILES string of the molecule is O=S(=O)(Nc1c(F)cccc1F)c1ccc(CO)o1. The van der Waals surface area contributed by atoms with Crippen molar-refractivity contribution >= 4 is 15.7 Å². The van der Waals surface area contributed by atoms with E-state index in [2.05, 4.69) is 0 Å². The summed E-state index contributed by atoms with van der Waals surface area (Å²) >= 11 is 0. The molecule has 0 atom stereocenters. The standard InChI is InChI=1S/C11H9F2NO4S/c12-8-2-1-3-9(13)11(8)14-19(16,17)10-5-4-7(6-15)18-10/h1-5,14-15H,6H2. The first kappa shape index (κ1) is 13.5. The minimum Gasteiger partial charge on any atom is -0.445 e. The summed E-state index contributed by atoms with van der Waals surface area (Å²) in [6.45, 7) is -0.483. The van der Waals surface area contributed by atoms with Gasteiger partial charge in [0, 0.05) is 0 Å². The molecule has 2 aromatic rings. The van der Waals surface area contributed by atoms with Crippen LogP contribution in [0.5, 0.6) is 0 Å². The fourth-order valence-electron chi connectivity index (χ4n) is 1.37. The molecule has 1 heterocycles. The Morgan fingerprint density at radius 2 is 1.79 bits per heavy atom. The molecule has 0 radical (unpaired) electrons. The summed E-state index contributed by atoms with van der Waals surface area (Å²) in [6, 6.07) is 5.27. The monoisotopic (exact) mass is 289 g/mol. The lowest BCUT2D eigenvalue weighted by Crippen LogP contribution is -2.14. The summed E-state index contributed by atoms with van der Waals surface area (Å²) in [5.74, 6) is -2.07. The molecule has 19 heavy (non-hydrogen) atoms. The average molecular weight is 289 g/mol. The van der Waals surface area contributed by atoms with Gasteiger partial charge in [-0.2, -0.15) is 8.42 Å². The molecule has 1 aromatic heterocycles. The summed E-state index contributed by atoms with van der Waals surface area (Å²) in [7, 11) is -4.26. The van der Waals surface area contributed by atoms with Gasteiger partial charge in [-0.1, -0.05) is 6.07 Å². The molecule has 2 N–H and O–H groups in total. The van der Waals surface area contributed by atoms with Gasteiger partial charge in [0.2, 0.25) is 5.09 Å². The van der Waals surface area contributed by atoms with Crippen LogP contribution in [0.25, 0.3) is 0 Å². The maximum absolute atomic E-state index is 13.3. The number of furan rings is 1. The Hall–Kier alpha value is -1.93. The molecule has 0 saturated heterocycles. The van der Waals surface area contributed by atoms with E-state index in [1.165, 1.54) is 6.07 Å². The number of nitrogens with one attached hydrogen (secondary N) is 1. The number of hydrogen-bond donors (Lipinski definition) is 2. The highest BCUT2D eigenvalue weighted by Crippen LogP contribution is 2.23. The summed E-state index contributed by atoms with van der Waals surface area (Å²) in [4.78, 5) is 0. The smallest absolute Gasteiger partial charge is 0.295 e. The Labute approximate surface area is 107 Å². The Bertz CT molecular complexity index is 676. The molecule has 2 rings (SSSR count). The van der Waals surface area contributed by atoms with Gasteiger partial charge in [0.15, 0.2) is 0 Å². The van der Waals surface area contributed by atoms with Crippen LogP contribution in [-0.4, -0.2) is 13.5 Å². The molecule has 0 fully saturated rings. The molecule has 0 bridgehead atoms. The molecule has 5 nitrogen and oxygen atoms in total. The molecule has 0 aliphatic rings. The van der Waals surface area contributed by atoms with Gasteiger partial charge >= 0.3 is 0 Å². The Balaban J connectivity index is 2.36. The Morgan fingerprint density at radius 1 is 1.16 bits per heavy atom. The van der Waals surface area contributed by atoms with Crippen molar-refractivity contribution in [3.63, 3.8) is 0 Å². The third kappa shape index (κ3) is 2.74. The largest absolute Gasteiger partial charge is 0.445 e. The summed E-state index contributed by atoms with van der Waals surface area (Å²) < 4.78 is 56.9. The molecular weight excluding hydrogens is 280 g/mol. The molecule has 1 aromatic carbocycles. The summed E-state index contributed by atoms with van der Waals surface area (Å²) in [6.07, 6.45) is 0. The summed E-state index contributed by atoms with van der Waals surface area (Å²) in [5, 5.41) is 8.22. The normalized spacial score (nSPS) is 11.5. The fraction of sp³-hybridized carbons (Fsp3) is 0.0909. The van der Waals surface area contributed by atoms with Gasteiger partial charge in [-0.15, -0.1) is 0 Å². The van der Waals surface area contributed by atoms with Crippen LogP contribution in [0.2, 0.25) is 0 Å². The number of sulfonamides is 1. The lowest BCUT2D eigenvalue weighted by molar-refractivity contribution is 0.236. The van der Waals surface area contributed by atoms with Gasteiger partial charge in [0.25, 0.3) is 10.0 Å². The lowest BCUT2D eigenvalue weighted by atomic mass is 10.3. The maximum atomic E-state index is 13.3. The van der Waals surface area contributed by atoms with Crippen molar-refractivity contribution in [1.82, 2.24) is 0 Å². The van der Waals surface area contributed by atoms with Crippen LogP contribution in [0, 0.1) is 11.6 Å². The van der Waals surface area contributed by atoms with Crippen molar-refractivity contribution in [3.05, 3.63) is 47.7 Å². The number of rotatable bonds is 4. The predicted molar refractivity (Wildman–Crippen MR) is 61.8 cm³/mol. The van der Waals surface area contributed by atoms with E-state index in [0.29, 0.717) is 0 Å². The zero-order chi connectivity index (χ0) is 14.0. The maximum Gasteiger partial charge on any atom is 0.295 e. The van der Waals surface area contributed by atoms with Crippen LogP contribution in [0.15, 0.2) is 39.8 Å². The van der Waals surface area contributed by atoms with Crippen LogP contribution in [0.4, 0.5) is 14.5 Å². The predicted octanol–water partition coefficient (Wildman–Crippen LogP) is 1.85. The Kier molecular flexibility index (Phi) is 3.54. The number of hydrogen-bond acceptors (Lipinski definition) is 4. The van der Waals surface area contributed by atoms with E-state index in [-0.39, 0.29) is 5.76 Å². The van der Waals surface area contributed by atoms with Crippen LogP contribution >= 0.6 is 0 Å². The van der Waals surface area contributed by atoms with Crippen molar-refractivity contribution in [2.75, 3.05) is 4.72 Å². The second kappa shape index (κ2) is 4.98. The third-order valence-electron chi connectivity index (χ3n) is 2.26. The first-order chi connectivity index (χ1) is 8.94. The van der Waals surface area contributed by atoms with Crippen LogP contribution < -0.4 is 4.72 Å². The highest BCUT2D eigenvalue weighted by Gasteiger charge is 2.22. The number of aliphatic hydroxyl groups is 1. The van der Waals surface area contributed by atoms with Gasteiger partial charge in [0.1, 0.15) is 29.7 Å². The molecule has 0 saturated carbocycles. The molecule has 0 unspecified atom stereocenters. The number of aliphatic hydroxyl groups excluding tert-OH is 1. The van der Waals surface area contributed by atoms with E-state index in [4.69, 9.17) is 9.52 Å². The molecular formula is C11H9F2NO4S. The fourth-order valence-corrected chi connectivity index (χ4v) is 2.40. The molecule has 0 aliphatic heterocycles. The van der Waals surface area contributed by atoms with Crippen LogP contribution in [-0.2, 0) is 16.6 Å².